The maximum atomic E-state index is 12.5. The van der Waals surface area contributed by atoms with E-state index in [0.29, 0.717) is 37.6 Å². The van der Waals surface area contributed by atoms with E-state index in [-0.39, 0.29) is 5.97 Å². The Bertz CT molecular complexity index is 1190. The largest absolute Gasteiger partial charge is 0.493 e. The quantitative estimate of drug-likeness (QED) is 0.291. The molecule has 0 saturated heterocycles. The molecule has 174 valence electrons. The van der Waals surface area contributed by atoms with Gasteiger partial charge in [-0.1, -0.05) is 36.4 Å². The maximum Gasteiger partial charge on any atom is 0.315 e. The van der Waals surface area contributed by atoms with E-state index in [1.54, 1.807) is 6.20 Å². The van der Waals surface area contributed by atoms with Crippen molar-refractivity contribution in [1.82, 2.24) is 9.97 Å². The summed E-state index contributed by atoms with van der Waals surface area (Å²) in [4.78, 5) is 21.5. The number of hydrogen-bond acceptors (Lipinski definition) is 6. The number of aromatic nitrogens is 2. The lowest BCUT2D eigenvalue weighted by Gasteiger charge is -2.15. The molecule has 0 radical (unpaired) electrons. The summed E-state index contributed by atoms with van der Waals surface area (Å²) in [5.74, 6) is 1.48. The maximum absolute atomic E-state index is 12.5. The number of benzene rings is 2. The van der Waals surface area contributed by atoms with E-state index in [1.807, 2.05) is 86.6 Å². The van der Waals surface area contributed by atoms with Crippen molar-refractivity contribution >= 4 is 5.97 Å². The number of nitrogens with zero attached hydrogens (tertiary/aromatic N) is 2. The Hall–Kier alpha value is -3.93. The number of carbonyl (C=O) groups excluding carboxylic acids is 1. The van der Waals surface area contributed by atoms with Crippen LogP contribution in [0, 0.1) is 6.92 Å². The summed E-state index contributed by atoms with van der Waals surface area (Å²) >= 11 is 0. The average molecular weight is 457 g/mol. The standard InChI is InChI=1S/C28H28N2O4/c1-3-32-28(31)24(26-11-7-8-17-29-26)19-21-12-14-23(15-13-21)33-18-16-25-20(2)34-27(30-25)22-9-5-4-6-10-22/h4-15,17,24H,3,16,18-19H2,1-2H3. The van der Waals surface area contributed by atoms with E-state index >= 15 is 0 Å². The molecule has 1 unspecified atom stereocenters. The Morgan fingerprint density at radius 3 is 2.47 bits per heavy atom. The molecule has 1 atom stereocenters. The summed E-state index contributed by atoms with van der Waals surface area (Å²) in [6.45, 7) is 4.56. The Labute approximate surface area is 199 Å². The Morgan fingerprint density at radius 2 is 1.76 bits per heavy atom. The third kappa shape index (κ3) is 5.90. The van der Waals surface area contributed by atoms with Crippen LogP contribution in [0.2, 0.25) is 0 Å². The second kappa shape index (κ2) is 11.3. The van der Waals surface area contributed by atoms with Gasteiger partial charge in [-0.15, -0.1) is 0 Å². The first-order valence-corrected chi connectivity index (χ1v) is 11.4. The number of aryl methyl sites for hydroxylation is 1. The second-order valence-corrected chi connectivity index (χ2v) is 7.89. The summed E-state index contributed by atoms with van der Waals surface area (Å²) in [5, 5.41) is 0. The van der Waals surface area contributed by atoms with Gasteiger partial charge < -0.3 is 13.9 Å². The summed E-state index contributed by atoms with van der Waals surface area (Å²) in [5.41, 5.74) is 3.57. The zero-order valence-electron chi connectivity index (χ0n) is 19.4. The summed E-state index contributed by atoms with van der Waals surface area (Å²) in [6, 6.07) is 23.2. The number of pyridine rings is 1. The molecular weight excluding hydrogens is 428 g/mol. The van der Waals surface area contributed by atoms with Gasteiger partial charge in [-0.25, -0.2) is 4.98 Å². The van der Waals surface area contributed by atoms with Crippen LogP contribution in [0.25, 0.3) is 11.5 Å². The molecule has 6 heteroatoms. The van der Waals surface area contributed by atoms with Crippen molar-refractivity contribution in [2.75, 3.05) is 13.2 Å². The predicted molar refractivity (Wildman–Crippen MR) is 130 cm³/mol. The molecule has 4 rings (SSSR count). The fourth-order valence-corrected chi connectivity index (χ4v) is 3.72. The van der Waals surface area contributed by atoms with Gasteiger partial charge in [0.15, 0.2) is 0 Å². The number of hydrogen-bond donors (Lipinski definition) is 0. The van der Waals surface area contributed by atoms with E-state index in [9.17, 15) is 4.79 Å². The van der Waals surface area contributed by atoms with Crippen molar-refractivity contribution in [3.8, 4) is 17.2 Å². The molecule has 0 N–H and O–H groups in total. The minimum Gasteiger partial charge on any atom is -0.493 e. The van der Waals surface area contributed by atoms with E-state index in [4.69, 9.17) is 13.9 Å². The van der Waals surface area contributed by atoms with Crippen molar-refractivity contribution in [2.45, 2.75) is 32.6 Å². The molecule has 0 aliphatic heterocycles. The zero-order chi connectivity index (χ0) is 23.8. The first-order chi connectivity index (χ1) is 16.6. The highest BCUT2D eigenvalue weighted by Gasteiger charge is 2.23. The van der Waals surface area contributed by atoms with Gasteiger partial charge in [-0.2, -0.15) is 0 Å². The van der Waals surface area contributed by atoms with Crippen molar-refractivity contribution in [1.29, 1.82) is 0 Å². The van der Waals surface area contributed by atoms with E-state index in [0.717, 1.165) is 28.3 Å². The van der Waals surface area contributed by atoms with Crippen LogP contribution < -0.4 is 4.74 Å². The van der Waals surface area contributed by atoms with Crippen molar-refractivity contribution in [2.24, 2.45) is 0 Å². The molecule has 4 aromatic rings. The highest BCUT2D eigenvalue weighted by molar-refractivity contribution is 5.78. The van der Waals surface area contributed by atoms with Crippen LogP contribution >= 0.6 is 0 Å². The van der Waals surface area contributed by atoms with Gasteiger partial charge in [-0.05, 0) is 62.2 Å². The predicted octanol–water partition coefficient (Wildman–Crippen LogP) is 5.56. The van der Waals surface area contributed by atoms with Crippen LogP contribution in [0.3, 0.4) is 0 Å². The fraction of sp³-hybridized carbons (Fsp3) is 0.250. The highest BCUT2D eigenvalue weighted by atomic mass is 16.5. The van der Waals surface area contributed by atoms with Gasteiger partial charge in [0, 0.05) is 18.2 Å². The Kier molecular flexibility index (Phi) is 7.71. The molecule has 2 heterocycles. The summed E-state index contributed by atoms with van der Waals surface area (Å²) < 4.78 is 17.0. The van der Waals surface area contributed by atoms with Crippen LogP contribution in [-0.2, 0) is 22.4 Å². The molecule has 0 saturated carbocycles. The van der Waals surface area contributed by atoms with Crippen LogP contribution in [0.4, 0.5) is 0 Å². The van der Waals surface area contributed by atoms with Gasteiger partial charge in [0.05, 0.1) is 24.6 Å². The van der Waals surface area contributed by atoms with Gasteiger partial charge >= 0.3 is 5.97 Å². The summed E-state index contributed by atoms with van der Waals surface area (Å²) in [7, 11) is 0. The molecule has 0 fully saturated rings. The fourth-order valence-electron chi connectivity index (χ4n) is 3.72. The van der Waals surface area contributed by atoms with Gasteiger partial charge in [0.1, 0.15) is 17.4 Å². The van der Waals surface area contributed by atoms with Crippen LogP contribution in [-0.4, -0.2) is 29.2 Å². The minimum atomic E-state index is -0.443. The van der Waals surface area contributed by atoms with E-state index in [2.05, 4.69) is 9.97 Å². The smallest absolute Gasteiger partial charge is 0.315 e. The molecule has 0 aliphatic carbocycles. The molecule has 34 heavy (non-hydrogen) atoms. The van der Waals surface area contributed by atoms with Crippen molar-refractivity contribution < 1.29 is 18.7 Å². The van der Waals surface area contributed by atoms with Gasteiger partial charge in [0.25, 0.3) is 0 Å². The topological polar surface area (TPSA) is 74.5 Å². The lowest BCUT2D eigenvalue weighted by atomic mass is 9.95. The molecule has 0 bridgehead atoms. The monoisotopic (exact) mass is 456 g/mol. The van der Waals surface area contributed by atoms with Crippen LogP contribution in [0.15, 0.2) is 83.4 Å². The molecular formula is C28H28N2O4. The first-order valence-electron chi connectivity index (χ1n) is 11.4. The van der Waals surface area contributed by atoms with E-state index < -0.39 is 5.92 Å². The lowest BCUT2D eigenvalue weighted by Crippen LogP contribution is -2.19. The molecule has 2 aromatic carbocycles. The van der Waals surface area contributed by atoms with Crippen molar-refractivity contribution in [3.05, 3.63) is 102 Å². The van der Waals surface area contributed by atoms with Crippen LogP contribution in [0.5, 0.6) is 5.75 Å². The third-order valence-corrected chi connectivity index (χ3v) is 5.50. The summed E-state index contributed by atoms with van der Waals surface area (Å²) in [6.07, 6.45) is 2.85. The second-order valence-electron chi connectivity index (χ2n) is 7.89. The number of esters is 1. The number of rotatable bonds is 10. The molecule has 0 aliphatic rings. The Balaban J connectivity index is 1.35. The lowest BCUT2D eigenvalue weighted by molar-refractivity contribution is -0.145. The average Bonchev–Trinajstić information content (AvgIpc) is 3.25. The van der Waals surface area contributed by atoms with Gasteiger partial charge in [-0.3, -0.25) is 9.78 Å². The van der Waals surface area contributed by atoms with Crippen molar-refractivity contribution in [3.63, 3.8) is 0 Å². The third-order valence-electron chi connectivity index (χ3n) is 5.50. The highest BCUT2D eigenvalue weighted by Crippen LogP contribution is 2.24. The van der Waals surface area contributed by atoms with Crippen LogP contribution in [0.1, 0.15) is 35.6 Å². The minimum absolute atomic E-state index is 0.264. The van der Waals surface area contributed by atoms with Gasteiger partial charge in [0.2, 0.25) is 5.89 Å². The SMILES string of the molecule is CCOC(=O)C(Cc1ccc(OCCc2nc(-c3ccccc3)oc2C)cc1)c1ccccn1. The number of ether oxygens (including phenoxy) is 2. The normalized spacial score (nSPS) is 11.7. The molecule has 0 spiro atoms. The number of oxazole rings is 1. The van der Waals surface area contributed by atoms with E-state index in [1.165, 1.54) is 0 Å². The molecule has 6 nitrogen and oxygen atoms in total. The zero-order valence-corrected chi connectivity index (χ0v) is 19.4. The number of carbonyl (C=O) groups is 1. The molecule has 2 aromatic heterocycles. The Morgan fingerprint density at radius 1 is 1.00 bits per heavy atom. The first kappa shape index (κ1) is 23.2. The molecule has 0 amide bonds.